The quantitative estimate of drug-likeness (QED) is 0.505. The van der Waals surface area contributed by atoms with E-state index in [-0.39, 0.29) is 23.8 Å². The summed E-state index contributed by atoms with van der Waals surface area (Å²) in [5.74, 6) is 1.69. The molecule has 2 atom stereocenters. The van der Waals surface area contributed by atoms with E-state index in [9.17, 15) is 4.79 Å². The molecule has 0 aliphatic heterocycles. The van der Waals surface area contributed by atoms with Crippen LogP contribution in [-0.4, -0.2) is 27.9 Å². The molecule has 0 saturated heterocycles. The molecule has 28 heavy (non-hydrogen) atoms. The standard InChI is InChI=1S/C22H26ClN3OS/c1-14(2)20(15-8-10-16(23)11-9-15)22(27)26-19(12-13-28-3)21-24-17-6-4-5-7-18(17)25-21/h4-11,14,19-20H,12-13H2,1-3H3,(H,24,25)(H,26,27). The second-order valence-corrected chi connectivity index (χ2v) is 8.68. The maximum absolute atomic E-state index is 13.2. The molecule has 148 valence electrons. The Labute approximate surface area is 175 Å². The monoisotopic (exact) mass is 415 g/mol. The van der Waals surface area contributed by atoms with Gasteiger partial charge in [-0.3, -0.25) is 4.79 Å². The maximum atomic E-state index is 13.2. The van der Waals surface area contributed by atoms with Crippen LogP contribution in [0, 0.1) is 5.92 Å². The van der Waals surface area contributed by atoms with E-state index in [2.05, 4.69) is 30.4 Å². The van der Waals surface area contributed by atoms with Gasteiger partial charge in [0.05, 0.1) is 23.0 Å². The molecule has 2 aromatic carbocycles. The van der Waals surface area contributed by atoms with Gasteiger partial charge in [0, 0.05) is 5.02 Å². The van der Waals surface area contributed by atoms with Gasteiger partial charge >= 0.3 is 0 Å². The van der Waals surface area contributed by atoms with E-state index in [0.29, 0.717) is 5.02 Å². The summed E-state index contributed by atoms with van der Waals surface area (Å²) in [5.41, 5.74) is 2.88. The number of hydrogen-bond acceptors (Lipinski definition) is 3. The molecular formula is C22H26ClN3OS. The van der Waals surface area contributed by atoms with Crippen LogP contribution in [0.1, 0.15) is 43.6 Å². The molecule has 1 heterocycles. The highest BCUT2D eigenvalue weighted by atomic mass is 35.5. The van der Waals surface area contributed by atoms with E-state index >= 15 is 0 Å². The predicted molar refractivity (Wildman–Crippen MR) is 119 cm³/mol. The smallest absolute Gasteiger partial charge is 0.228 e. The van der Waals surface area contributed by atoms with Gasteiger partial charge in [-0.25, -0.2) is 4.98 Å². The Kier molecular flexibility index (Phi) is 7.03. The summed E-state index contributed by atoms with van der Waals surface area (Å²) in [6.07, 6.45) is 2.89. The molecule has 6 heteroatoms. The van der Waals surface area contributed by atoms with Gasteiger partial charge in [0.1, 0.15) is 5.82 Å². The van der Waals surface area contributed by atoms with Crippen LogP contribution >= 0.6 is 23.4 Å². The highest BCUT2D eigenvalue weighted by molar-refractivity contribution is 7.98. The molecule has 0 aliphatic rings. The summed E-state index contributed by atoms with van der Waals surface area (Å²) < 4.78 is 0. The first kappa shape index (κ1) is 20.7. The van der Waals surface area contributed by atoms with Crippen LogP contribution in [0.2, 0.25) is 5.02 Å². The second-order valence-electron chi connectivity index (χ2n) is 7.26. The minimum Gasteiger partial charge on any atom is -0.346 e. The number of para-hydroxylation sites is 2. The van der Waals surface area contributed by atoms with Gasteiger partial charge in [0.2, 0.25) is 5.91 Å². The average Bonchev–Trinajstić information content (AvgIpc) is 3.10. The molecular weight excluding hydrogens is 390 g/mol. The van der Waals surface area contributed by atoms with Gasteiger partial charge < -0.3 is 10.3 Å². The lowest BCUT2D eigenvalue weighted by atomic mass is 9.87. The Balaban J connectivity index is 1.85. The molecule has 0 fully saturated rings. The third kappa shape index (κ3) is 4.89. The summed E-state index contributed by atoms with van der Waals surface area (Å²) in [6.45, 7) is 4.13. The van der Waals surface area contributed by atoms with Crippen molar-refractivity contribution >= 4 is 40.3 Å². The Bertz CT molecular complexity index is 890. The molecule has 2 unspecified atom stereocenters. The number of aromatic amines is 1. The lowest BCUT2D eigenvalue weighted by Crippen LogP contribution is -2.35. The Morgan fingerprint density at radius 2 is 1.89 bits per heavy atom. The number of halogens is 1. The highest BCUT2D eigenvalue weighted by Crippen LogP contribution is 2.28. The number of amides is 1. The molecule has 4 nitrogen and oxygen atoms in total. The SMILES string of the molecule is CSCCC(NC(=O)C(c1ccc(Cl)cc1)C(C)C)c1nc2ccccc2[nH]1. The molecule has 0 saturated carbocycles. The van der Waals surface area contributed by atoms with Crippen LogP contribution in [0.5, 0.6) is 0 Å². The van der Waals surface area contributed by atoms with Crippen LogP contribution in [0.15, 0.2) is 48.5 Å². The van der Waals surface area contributed by atoms with Gasteiger partial charge in [-0.15, -0.1) is 0 Å². The lowest BCUT2D eigenvalue weighted by molar-refractivity contribution is -0.124. The highest BCUT2D eigenvalue weighted by Gasteiger charge is 2.27. The summed E-state index contributed by atoms with van der Waals surface area (Å²) in [6, 6.07) is 15.3. The van der Waals surface area contributed by atoms with Crippen molar-refractivity contribution in [1.82, 2.24) is 15.3 Å². The number of carbonyl (C=O) groups excluding carboxylic acids is 1. The molecule has 0 spiro atoms. The van der Waals surface area contributed by atoms with Crippen LogP contribution in [0.3, 0.4) is 0 Å². The van der Waals surface area contributed by atoms with E-state index in [1.165, 1.54) is 0 Å². The fourth-order valence-corrected chi connectivity index (χ4v) is 4.02. The van der Waals surface area contributed by atoms with Gasteiger partial charge in [-0.1, -0.05) is 49.7 Å². The molecule has 1 amide bonds. The van der Waals surface area contributed by atoms with Crippen molar-refractivity contribution in [2.75, 3.05) is 12.0 Å². The molecule has 0 bridgehead atoms. The van der Waals surface area contributed by atoms with E-state index in [0.717, 1.165) is 34.6 Å². The Morgan fingerprint density at radius 3 is 2.54 bits per heavy atom. The first-order valence-electron chi connectivity index (χ1n) is 9.49. The number of benzene rings is 2. The number of fused-ring (bicyclic) bond motifs is 1. The first-order valence-corrected chi connectivity index (χ1v) is 11.3. The van der Waals surface area contributed by atoms with E-state index in [1.54, 1.807) is 11.8 Å². The zero-order valence-electron chi connectivity index (χ0n) is 16.4. The van der Waals surface area contributed by atoms with Crippen LogP contribution < -0.4 is 5.32 Å². The minimum atomic E-state index is -0.238. The normalized spacial score (nSPS) is 13.6. The number of H-pyrrole nitrogens is 1. The Morgan fingerprint density at radius 1 is 1.18 bits per heavy atom. The lowest BCUT2D eigenvalue weighted by Gasteiger charge is -2.24. The second kappa shape index (κ2) is 9.48. The molecule has 3 rings (SSSR count). The molecule has 1 aromatic heterocycles. The minimum absolute atomic E-state index is 0.0175. The van der Waals surface area contributed by atoms with Gasteiger partial charge in [-0.05, 0) is 54.2 Å². The number of rotatable bonds is 8. The topological polar surface area (TPSA) is 57.8 Å². The summed E-state index contributed by atoms with van der Waals surface area (Å²) >= 11 is 7.78. The van der Waals surface area contributed by atoms with Crippen molar-refractivity contribution in [1.29, 1.82) is 0 Å². The zero-order chi connectivity index (χ0) is 20.1. The predicted octanol–water partition coefficient (Wildman–Crippen LogP) is 5.57. The number of carbonyl (C=O) groups is 1. The van der Waals surface area contributed by atoms with Gasteiger partial charge in [0.15, 0.2) is 0 Å². The van der Waals surface area contributed by atoms with Gasteiger partial charge in [0.25, 0.3) is 0 Å². The number of imidazole rings is 1. The molecule has 2 N–H and O–H groups in total. The van der Waals surface area contributed by atoms with E-state index < -0.39 is 0 Å². The van der Waals surface area contributed by atoms with Crippen molar-refractivity contribution in [2.24, 2.45) is 5.92 Å². The van der Waals surface area contributed by atoms with Crippen molar-refractivity contribution < 1.29 is 4.79 Å². The van der Waals surface area contributed by atoms with E-state index in [4.69, 9.17) is 16.6 Å². The Hall–Kier alpha value is -1.98. The number of thioether (sulfide) groups is 1. The number of aromatic nitrogens is 2. The summed E-state index contributed by atoms with van der Waals surface area (Å²) in [5, 5.41) is 3.92. The fourth-order valence-electron chi connectivity index (χ4n) is 3.42. The number of nitrogens with one attached hydrogen (secondary N) is 2. The van der Waals surface area contributed by atoms with Crippen LogP contribution in [0.25, 0.3) is 11.0 Å². The number of hydrogen-bond donors (Lipinski definition) is 2. The average molecular weight is 416 g/mol. The summed E-state index contributed by atoms with van der Waals surface area (Å²) in [4.78, 5) is 21.3. The first-order chi connectivity index (χ1) is 13.5. The fraction of sp³-hybridized carbons (Fsp3) is 0.364. The largest absolute Gasteiger partial charge is 0.346 e. The number of nitrogens with zero attached hydrogens (tertiary/aromatic N) is 1. The van der Waals surface area contributed by atoms with Crippen molar-refractivity contribution in [2.45, 2.75) is 32.2 Å². The third-order valence-electron chi connectivity index (χ3n) is 4.84. The molecule has 3 aromatic rings. The van der Waals surface area contributed by atoms with Crippen LogP contribution in [0.4, 0.5) is 0 Å². The van der Waals surface area contributed by atoms with Crippen molar-refractivity contribution in [3.63, 3.8) is 0 Å². The van der Waals surface area contributed by atoms with E-state index in [1.807, 2.05) is 48.5 Å². The molecule has 0 aliphatic carbocycles. The van der Waals surface area contributed by atoms with Gasteiger partial charge in [-0.2, -0.15) is 11.8 Å². The summed E-state index contributed by atoms with van der Waals surface area (Å²) in [7, 11) is 0. The maximum Gasteiger partial charge on any atom is 0.228 e. The molecule has 0 radical (unpaired) electrons. The van der Waals surface area contributed by atoms with Crippen molar-refractivity contribution in [3.8, 4) is 0 Å². The van der Waals surface area contributed by atoms with Crippen molar-refractivity contribution in [3.05, 3.63) is 64.9 Å². The zero-order valence-corrected chi connectivity index (χ0v) is 18.0. The third-order valence-corrected chi connectivity index (χ3v) is 5.74. The van der Waals surface area contributed by atoms with Crippen LogP contribution in [-0.2, 0) is 4.79 Å².